The third kappa shape index (κ3) is 2.77. The topological polar surface area (TPSA) is 69.9 Å². The van der Waals surface area contributed by atoms with Crippen LogP contribution in [0.2, 0.25) is 10.0 Å². The van der Waals surface area contributed by atoms with E-state index in [1.165, 1.54) is 17.1 Å². The largest absolute Gasteiger partial charge is 0.488 e. The molecule has 0 atom stereocenters. The number of aldehydes is 1. The van der Waals surface area contributed by atoms with Crippen LogP contribution in [0, 0.1) is 0 Å². The molecule has 0 aliphatic heterocycles. The Morgan fingerprint density at radius 2 is 2.22 bits per heavy atom. The molecule has 94 valence electrons. The smallest absolute Gasteiger partial charge is 0.157 e. The van der Waals surface area contributed by atoms with Gasteiger partial charge in [-0.1, -0.05) is 23.2 Å². The Labute approximate surface area is 112 Å². The van der Waals surface area contributed by atoms with E-state index in [0.29, 0.717) is 23.4 Å². The van der Waals surface area contributed by atoms with Gasteiger partial charge < -0.3 is 4.74 Å². The highest BCUT2D eigenvalue weighted by molar-refractivity contribution is 6.38. The Morgan fingerprint density at radius 3 is 2.89 bits per heavy atom. The van der Waals surface area contributed by atoms with Gasteiger partial charge in [-0.15, -0.1) is 5.10 Å². The Hall–Kier alpha value is -1.66. The molecular weight excluding hydrogens is 279 g/mol. The van der Waals surface area contributed by atoms with E-state index in [4.69, 9.17) is 27.9 Å². The summed E-state index contributed by atoms with van der Waals surface area (Å²) in [6.45, 7) is 0.734. The fourth-order valence-electron chi connectivity index (χ4n) is 1.30. The van der Waals surface area contributed by atoms with Crippen molar-refractivity contribution in [1.82, 2.24) is 20.2 Å². The van der Waals surface area contributed by atoms with Crippen LogP contribution in [0.1, 0.15) is 10.4 Å². The summed E-state index contributed by atoms with van der Waals surface area (Å²) < 4.78 is 6.95. The standard InChI is InChI=1S/C10H8Cl2N4O2/c11-8-2-1-7(5-17)9(12)10(8)18-4-3-16-6-13-14-15-16/h1-2,5-6H,3-4H2. The van der Waals surface area contributed by atoms with Crippen molar-refractivity contribution < 1.29 is 9.53 Å². The molecule has 0 unspecified atom stereocenters. The normalized spacial score (nSPS) is 10.3. The van der Waals surface area contributed by atoms with Crippen LogP contribution >= 0.6 is 23.2 Å². The van der Waals surface area contributed by atoms with Gasteiger partial charge >= 0.3 is 0 Å². The number of carbonyl (C=O) groups excluding carboxylic acids is 1. The molecule has 6 nitrogen and oxygen atoms in total. The zero-order valence-corrected chi connectivity index (χ0v) is 10.6. The fraction of sp³-hybridized carbons (Fsp3) is 0.200. The summed E-state index contributed by atoms with van der Waals surface area (Å²) in [6, 6.07) is 3.09. The van der Waals surface area contributed by atoms with E-state index < -0.39 is 0 Å². The number of hydrogen-bond acceptors (Lipinski definition) is 5. The fourth-order valence-corrected chi connectivity index (χ4v) is 1.82. The maximum absolute atomic E-state index is 10.7. The van der Waals surface area contributed by atoms with E-state index in [2.05, 4.69) is 15.5 Å². The minimum Gasteiger partial charge on any atom is -0.488 e. The Balaban J connectivity index is 2.06. The predicted molar refractivity (Wildman–Crippen MR) is 65.2 cm³/mol. The van der Waals surface area contributed by atoms with Crippen molar-refractivity contribution in [2.24, 2.45) is 0 Å². The summed E-state index contributed by atoms with van der Waals surface area (Å²) in [6.07, 6.45) is 2.11. The second-order valence-corrected chi connectivity index (χ2v) is 4.10. The lowest BCUT2D eigenvalue weighted by molar-refractivity contribution is 0.112. The second kappa shape index (κ2) is 5.79. The van der Waals surface area contributed by atoms with Crippen LogP contribution in [-0.4, -0.2) is 33.1 Å². The molecule has 1 aromatic carbocycles. The molecule has 0 aliphatic rings. The van der Waals surface area contributed by atoms with Gasteiger partial charge in [0.05, 0.1) is 16.6 Å². The lowest BCUT2D eigenvalue weighted by atomic mass is 10.2. The van der Waals surface area contributed by atoms with Crippen molar-refractivity contribution in [3.05, 3.63) is 34.1 Å². The van der Waals surface area contributed by atoms with Crippen LogP contribution in [0.15, 0.2) is 18.5 Å². The summed E-state index contributed by atoms with van der Waals surface area (Å²) in [4.78, 5) is 10.7. The molecule has 0 amide bonds. The van der Waals surface area contributed by atoms with Crippen molar-refractivity contribution in [3.8, 4) is 5.75 Å². The number of aromatic nitrogens is 4. The summed E-state index contributed by atoms with van der Waals surface area (Å²) in [5, 5.41) is 11.2. The molecule has 0 radical (unpaired) electrons. The second-order valence-electron chi connectivity index (χ2n) is 3.32. The molecule has 2 rings (SSSR count). The average Bonchev–Trinajstić information content (AvgIpc) is 2.86. The van der Waals surface area contributed by atoms with E-state index >= 15 is 0 Å². The first-order valence-corrected chi connectivity index (χ1v) is 5.74. The Morgan fingerprint density at radius 1 is 1.39 bits per heavy atom. The molecule has 0 saturated heterocycles. The van der Waals surface area contributed by atoms with Gasteiger partial charge in [0, 0.05) is 5.56 Å². The summed E-state index contributed by atoms with van der Waals surface area (Å²) >= 11 is 11.9. The first kappa shape index (κ1) is 12.8. The van der Waals surface area contributed by atoms with Crippen molar-refractivity contribution >= 4 is 29.5 Å². The van der Waals surface area contributed by atoms with Crippen LogP contribution in [0.5, 0.6) is 5.75 Å². The Kier molecular flexibility index (Phi) is 4.11. The molecule has 8 heteroatoms. The quantitative estimate of drug-likeness (QED) is 0.785. The van der Waals surface area contributed by atoms with Gasteiger partial charge in [-0.3, -0.25) is 4.79 Å². The number of nitrogens with zero attached hydrogens (tertiary/aromatic N) is 4. The minimum absolute atomic E-state index is 0.203. The van der Waals surface area contributed by atoms with E-state index in [1.54, 1.807) is 6.07 Å². The number of halogens is 2. The molecule has 1 aromatic heterocycles. The highest BCUT2D eigenvalue weighted by Crippen LogP contribution is 2.34. The molecular formula is C10H8Cl2N4O2. The van der Waals surface area contributed by atoms with E-state index in [-0.39, 0.29) is 17.4 Å². The van der Waals surface area contributed by atoms with E-state index in [1.807, 2.05) is 0 Å². The monoisotopic (exact) mass is 286 g/mol. The number of ether oxygens (including phenoxy) is 1. The lowest BCUT2D eigenvalue weighted by Gasteiger charge is -2.10. The highest BCUT2D eigenvalue weighted by atomic mass is 35.5. The maximum Gasteiger partial charge on any atom is 0.157 e. The van der Waals surface area contributed by atoms with Gasteiger partial charge in [-0.2, -0.15) is 0 Å². The van der Waals surface area contributed by atoms with Crippen LogP contribution in [-0.2, 0) is 6.54 Å². The number of tetrazole rings is 1. The molecule has 2 aromatic rings. The zero-order valence-electron chi connectivity index (χ0n) is 9.08. The number of hydrogen-bond donors (Lipinski definition) is 0. The highest BCUT2D eigenvalue weighted by Gasteiger charge is 2.11. The van der Waals surface area contributed by atoms with Crippen LogP contribution < -0.4 is 4.74 Å². The van der Waals surface area contributed by atoms with Gasteiger partial charge in [0.2, 0.25) is 0 Å². The van der Waals surface area contributed by atoms with Crippen LogP contribution in [0.4, 0.5) is 0 Å². The van der Waals surface area contributed by atoms with Crippen molar-refractivity contribution in [3.63, 3.8) is 0 Å². The first-order chi connectivity index (χ1) is 8.72. The zero-order chi connectivity index (χ0) is 13.0. The molecule has 0 fully saturated rings. The lowest BCUT2D eigenvalue weighted by Crippen LogP contribution is -2.09. The molecule has 0 bridgehead atoms. The molecule has 0 saturated carbocycles. The van der Waals surface area contributed by atoms with Gasteiger partial charge in [-0.05, 0) is 22.6 Å². The minimum atomic E-state index is 0.203. The summed E-state index contributed by atoms with van der Waals surface area (Å²) in [5.74, 6) is 0.288. The van der Waals surface area contributed by atoms with E-state index in [0.717, 1.165) is 0 Å². The van der Waals surface area contributed by atoms with Crippen LogP contribution in [0.3, 0.4) is 0 Å². The SMILES string of the molecule is O=Cc1ccc(Cl)c(OCCn2cnnn2)c1Cl. The van der Waals surface area contributed by atoms with Crippen molar-refractivity contribution in [1.29, 1.82) is 0 Å². The Bertz CT molecular complexity index is 545. The van der Waals surface area contributed by atoms with Crippen LogP contribution in [0.25, 0.3) is 0 Å². The number of rotatable bonds is 5. The molecule has 0 spiro atoms. The van der Waals surface area contributed by atoms with Gasteiger partial charge in [0.15, 0.2) is 12.0 Å². The van der Waals surface area contributed by atoms with Crippen molar-refractivity contribution in [2.45, 2.75) is 6.54 Å². The van der Waals surface area contributed by atoms with Gasteiger partial charge in [0.25, 0.3) is 0 Å². The molecule has 0 aliphatic carbocycles. The molecule has 18 heavy (non-hydrogen) atoms. The van der Waals surface area contributed by atoms with Gasteiger partial charge in [0.1, 0.15) is 12.9 Å². The summed E-state index contributed by atoms with van der Waals surface area (Å²) in [5.41, 5.74) is 0.332. The maximum atomic E-state index is 10.7. The predicted octanol–water partition coefficient (Wildman–Crippen LogP) is 1.87. The first-order valence-electron chi connectivity index (χ1n) is 4.99. The van der Waals surface area contributed by atoms with Gasteiger partial charge in [-0.25, -0.2) is 4.68 Å². The van der Waals surface area contributed by atoms with Crippen molar-refractivity contribution in [2.75, 3.05) is 6.61 Å². The third-order valence-electron chi connectivity index (χ3n) is 2.16. The average molecular weight is 287 g/mol. The molecule has 0 N–H and O–H groups in total. The third-order valence-corrected chi connectivity index (χ3v) is 2.85. The van der Waals surface area contributed by atoms with E-state index in [9.17, 15) is 4.79 Å². The number of carbonyl (C=O) groups is 1. The summed E-state index contributed by atoms with van der Waals surface area (Å²) in [7, 11) is 0. The number of benzene rings is 1. The molecule has 1 heterocycles.